The molecule has 0 spiro atoms. The summed E-state index contributed by atoms with van der Waals surface area (Å²) in [5, 5.41) is 4.26. The van der Waals surface area contributed by atoms with E-state index in [1.54, 1.807) is 35.2 Å². The summed E-state index contributed by atoms with van der Waals surface area (Å²) >= 11 is 17.7. The number of amides is 2. The molecule has 1 fully saturated rings. The van der Waals surface area contributed by atoms with Crippen LogP contribution in [0.15, 0.2) is 42.5 Å². The zero-order chi connectivity index (χ0) is 16.4. The molecule has 1 atom stereocenters. The summed E-state index contributed by atoms with van der Waals surface area (Å²) in [4.78, 5) is 14.1. The van der Waals surface area contributed by atoms with Crippen molar-refractivity contribution in [3.63, 3.8) is 0 Å². The van der Waals surface area contributed by atoms with Crippen molar-refractivity contribution >= 4 is 46.5 Å². The molecule has 4 nitrogen and oxygen atoms in total. The summed E-state index contributed by atoms with van der Waals surface area (Å²) in [5.41, 5.74) is 1.45. The van der Waals surface area contributed by atoms with Crippen molar-refractivity contribution < 1.29 is 9.53 Å². The largest absolute Gasteiger partial charge is 0.352 e. The number of ether oxygens (including phenoxy) is 1. The first kappa shape index (κ1) is 16.4. The molecule has 1 saturated heterocycles. The van der Waals surface area contributed by atoms with Crippen LogP contribution in [-0.2, 0) is 4.74 Å². The molecule has 0 aromatic heterocycles. The van der Waals surface area contributed by atoms with Gasteiger partial charge in [0, 0.05) is 22.8 Å². The Balaban J connectivity index is 1.75. The first-order valence-corrected chi connectivity index (χ1v) is 8.08. The molecule has 1 aliphatic rings. The fourth-order valence-corrected chi connectivity index (χ4v) is 2.77. The zero-order valence-electron chi connectivity index (χ0n) is 11.9. The Labute approximate surface area is 148 Å². The summed E-state index contributed by atoms with van der Waals surface area (Å²) in [7, 11) is 0. The van der Waals surface area contributed by atoms with E-state index < -0.39 is 6.23 Å². The van der Waals surface area contributed by atoms with Gasteiger partial charge in [-0.25, -0.2) is 4.79 Å². The van der Waals surface area contributed by atoms with Crippen LogP contribution in [0.5, 0.6) is 0 Å². The molecular weight excluding hydrogens is 359 g/mol. The molecule has 0 saturated carbocycles. The fraction of sp³-hybridized carbons (Fsp3) is 0.188. The zero-order valence-corrected chi connectivity index (χ0v) is 14.2. The molecule has 120 valence electrons. The lowest BCUT2D eigenvalue weighted by molar-refractivity contribution is 0.0522. The van der Waals surface area contributed by atoms with E-state index in [4.69, 9.17) is 39.5 Å². The summed E-state index contributed by atoms with van der Waals surface area (Å²) in [6, 6.07) is 11.9. The van der Waals surface area contributed by atoms with E-state index >= 15 is 0 Å². The van der Waals surface area contributed by atoms with Crippen molar-refractivity contribution in [1.82, 2.24) is 4.90 Å². The van der Waals surface area contributed by atoms with E-state index in [-0.39, 0.29) is 6.03 Å². The molecule has 3 rings (SSSR count). The highest BCUT2D eigenvalue weighted by molar-refractivity contribution is 6.42. The maximum atomic E-state index is 12.5. The van der Waals surface area contributed by atoms with Crippen LogP contribution in [0.3, 0.4) is 0 Å². The van der Waals surface area contributed by atoms with Crippen molar-refractivity contribution in [2.75, 3.05) is 18.5 Å². The molecule has 23 heavy (non-hydrogen) atoms. The lowest BCUT2D eigenvalue weighted by Crippen LogP contribution is -2.34. The summed E-state index contributed by atoms with van der Waals surface area (Å²) in [6.45, 7) is 0.975. The lowest BCUT2D eigenvalue weighted by atomic mass is 10.2. The number of anilines is 1. The van der Waals surface area contributed by atoms with Crippen molar-refractivity contribution in [1.29, 1.82) is 0 Å². The Hall–Kier alpha value is -1.46. The number of carbonyl (C=O) groups excluding carboxylic acids is 1. The Bertz CT molecular complexity index is 722. The minimum atomic E-state index is -0.435. The van der Waals surface area contributed by atoms with E-state index in [0.717, 1.165) is 5.56 Å². The van der Waals surface area contributed by atoms with Crippen LogP contribution in [0.4, 0.5) is 10.5 Å². The van der Waals surface area contributed by atoms with Gasteiger partial charge in [-0.05, 0) is 30.3 Å². The van der Waals surface area contributed by atoms with Crippen LogP contribution in [0, 0.1) is 0 Å². The Morgan fingerprint density at radius 1 is 1.09 bits per heavy atom. The molecule has 1 unspecified atom stereocenters. The van der Waals surface area contributed by atoms with Gasteiger partial charge in [0.25, 0.3) is 0 Å². The normalized spacial score (nSPS) is 17.3. The first-order chi connectivity index (χ1) is 11.0. The van der Waals surface area contributed by atoms with Gasteiger partial charge in [0.05, 0.1) is 16.7 Å². The number of hydrogen-bond donors (Lipinski definition) is 1. The Morgan fingerprint density at radius 3 is 2.52 bits per heavy atom. The summed E-state index contributed by atoms with van der Waals surface area (Å²) in [5.74, 6) is 0. The number of rotatable bonds is 2. The number of hydrogen-bond acceptors (Lipinski definition) is 2. The first-order valence-electron chi connectivity index (χ1n) is 6.94. The number of halogens is 3. The molecule has 1 heterocycles. The molecule has 1 N–H and O–H groups in total. The Kier molecular flexibility index (Phi) is 4.97. The van der Waals surface area contributed by atoms with Gasteiger partial charge in [0.2, 0.25) is 0 Å². The minimum absolute atomic E-state index is 0.263. The van der Waals surface area contributed by atoms with Gasteiger partial charge in [-0.2, -0.15) is 0 Å². The number of carbonyl (C=O) groups is 1. The van der Waals surface area contributed by atoms with Crippen molar-refractivity contribution in [2.24, 2.45) is 0 Å². The van der Waals surface area contributed by atoms with Gasteiger partial charge in [0.15, 0.2) is 6.23 Å². The maximum absolute atomic E-state index is 12.5. The molecule has 2 aromatic carbocycles. The predicted molar refractivity (Wildman–Crippen MR) is 92.3 cm³/mol. The van der Waals surface area contributed by atoms with Gasteiger partial charge in [-0.15, -0.1) is 0 Å². The predicted octanol–water partition coefficient (Wildman–Crippen LogP) is 5.21. The van der Waals surface area contributed by atoms with Gasteiger partial charge in [0.1, 0.15) is 0 Å². The third-order valence-electron chi connectivity index (χ3n) is 3.48. The molecule has 7 heteroatoms. The monoisotopic (exact) mass is 370 g/mol. The van der Waals surface area contributed by atoms with Gasteiger partial charge in [-0.3, -0.25) is 4.90 Å². The third kappa shape index (κ3) is 3.72. The highest BCUT2D eigenvalue weighted by Crippen LogP contribution is 2.29. The highest BCUT2D eigenvalue weighted by Gasteiger charge is 2.31. The fourth-order valence-electron chi connectivity index (χ4n) is 2.35. The highest BCUT2D eigenvalue weighted by atomic mass is 35.5. The summed E-state index contributed by atoms with van der Waals surface area (Å²) in [6.07, 6.45) is -0.435. The number of urea groups is 1. The van der Waals surface area contributed by atoms with E-state index in [2.05, 4.69) is 5.32 Å². The molecule has 1 aliphatic heterocycles. The van der Waals surface area contributed by atoms with Crippen LogP contribution in [0.1, 0.15) is 11.8 Å². The molecule has 0 bridgehead atoms. The van der Waals surface area contributed by atoms with E-state index in [1.807, 2.05) is 12.1 Å². The topological polar surface area (TPSA) is 41.6 Å². The molecule has 2 amide bonds. The van der Waals surface area contributed by atoms with Gasteiger partial charge in [-0.1, -0.05) is 46.9 Å². The van der Waals surface area contributed by atoms with Crippen LogP contribution in [-0.4, -0.2) is 24.1 Å². The molecular formula is C16H13Cl3N2O2. The van der Waals surface area contributed by atoms with Crippen LogP contribution < -0.4 is 5.32 Å². The van der Waals surface area contributed by atoms with E-state index in [1.165, 1.54) is 0 Å². The number of nitrogens with zero attached hydrogens (tertiary/aromatic N) is 1. The SMILES string of the molecule is O=C(Nc1ccc(Cl)c(Cl)c1)N1CCOC1c1ccc(Cl)cc1. The van der Waals surface area contributed by atoms with Crippen molar-refractivity contribution in [3.8, 4) is 0 Å². The maximum Gasteiger partial charge on any atom is 0.324 e. The number of nitrogens with one attached hydrogen (secondary N) is 1. The van der Waals surface area contributed by atoms with Crippen LogP contribution in [0.2, 0.25) is 15.1 Å². The second-order valence-corrected chi connectivity index (χ2v) is 6.28. The number of benzene rings is 2. The van der Waals surface area contributed by atoms with Crippen LogP contribution in [0.25, 0.3) is 0 Å². The van der Waals surface area contributed by atoms with Crippen molar-refractivity contribution in [3.05, 3.63) is 63.1 Å². The van der Waals surface area contributed by atoms with Crippen molar-refractivity contribution in [2.45, 2.75) is 6.23 Å². The smallest absolute Gasteiger partial charge is 0.324 e. The van der Waals surface area contributed by atoms with Gasteiger partial charge < -0.3 is 10.1 Å². The minimum Gasteiger partial charge on any atom is -0.352 e. The van der Waals surface area contributed by atoms with Gasteiger partial charge >= 0.3 is 6.03 Å². The summed E-state index contributed by atoms with van der Waals surface area (Å²) < 4.78 is 5.67. The molecule has 2 aromatic rings. The second kappa shape index (κ2) is 6.97. The quantitative estimate of drug-likeness (QED) is 0.787. The molecule has 0 radical (unpaired) electrons. The third-order valence-corrected chi connectivity index (χ3v) is 4.47. The lowest BCUT2D eigenvalue weighted by Gasteiger charge is -2.23. The van der Waals surface area contributed by atoms with E-state index in [0.29, 0.717) is 33.9 Å². The standard InChI is InChI=1S/C16H13Cl3N2O2/c17-11-3-1-10(2-4-11)15-21(7-8-23-15)16(22)20-12-5-6-13(18)14(19)9-12/h1-6,9,15H,7-8H2,(H,20,22). The average Bonchev–Trinajstić information content (AvgIpc) is 3.01. The second-order valence-electron chi connectivity index (χ2n) is 5.03. The Morgan fingerprint density at radius 2 is 1.83 bits per heavy atom. The molecule has 0 aliphatic carbocycles. The average molecular weight is 372 g/mol. The van der Waals surface area contributed by atoms with Crippen LogP contribution >= 0.6 is 34.8 Å². The van der Waals surface area contributed by atoms with E-state index in [9.17, 15) is 4.79 Å².